The van der Waals surface area contributed by atoms with Crippen molar-refractivity contribution in [2.75, 3.05) is 13.2 Å². The summed E-state index contributed by atoms with van der Waals surface area (Å²) in [5.74, 6) is 0.879. The number of carbonyl (C=O) groups excluding carboxylic acids is 1. The van der Waals surface area contributed by atoms with Crippen LogP contribution in [0.25, 0.3) is 10.8 Å². The van der Waals surface area contributed by atoms with E-state index in [0.29, 0.717) is 13.2 Å². The normalized spacial score (nSPS) is 14.3. The zero-order chi connectivity index (χ0) is 13.1. The zero-order valence-electron chi connectivity index (χ0n) is 10.7. The Morgan fingerprint density at radius 2 is 1.84 bits per heavy atom. The van der Waals surface area contributed by atoms with Gasteiger partial charge in [0.1, 0.15) is 19.0 Å². The first-order valence-electron chi connectivity index (χ1n) is 6.61. The molecule has 3 rings (SSSR count). The molecule has 2 aromatic rings. The van der Waals surface area contributed by atoms with Crippen molar-refractivity contribution < 1.29 is 14.3 Å². The van der Waals surface area contributed by atoms with E-state index in [1.807, 2.05) is 30.3 Å². The topological polar surface area (TPSA) is 35.5 Å². The fourth-order valence-electron chi connectivity index (χ4n) is 2.00. The smallest absolute Gasteiger partial charge is 0.309 e. The standard InChI is InChI=1S/C16H16O3/c17-16(13-5-6-13)19-10-9-18-15-8-7-12-3-1-2-4-14(12)11-15/h1-4,7-8,11,13H,5-6,9-10H2. The van der Waals surface area contributed by atoms with Gasteiger partial charge < -0.3 is 9.47 Å². The minimum atomic E-state index is -0.0814. The predicted octanol–water partition coefficient (Wildman–Crippen LogP) is 3.17. The largest absolute Gasteiger partial charge is 0.490 e. The molecule has 98 valence electrons. The average Bonchev–Trinajstić information content (AvgIpc) is 3.28. The van der Waals surface area contributed by atoms with Gasteiger partial charge in [-0.3, -0.25) is 4.79 Å². The van der Waals surface area contributed by atoms with Gasteiger partial charge in [0.25, 0.3) is 0 Å². The second-order valence-electron chi connectivity index (χ2n) is 4.80. The van der Waals surface area contributed by atoms with Crippen LogP contribution in [0.3, 0.4) is 0 Å². The number of ether oxygens (including phenoxy) is 2. The van der Waals surface area contributed by atoms with E-state index in [0.717, 1.165) is 24.0 Å². The molecule has 0 unspecified atom stereocenters. The van der Waals surface area contributed by atoms with Crippen LogP contribution < -0.4 is 4.74 Å². The molecule has 0 N–H and O–H groups in total. The van der Waals surface area contributed by atoms with E-state index >= 15 is 0 Å². The molecule has 1 fully saturated rings. The quantitative estimate of drug-likeness (QED) is 0.609. The molecule has 19 heavy (non-hydrogen) atoms. The molecule has 0 atom stereocenters. The number of rotatable bonds is 5. The number of hydrogen-bond donors (Lipinski definition) is 0. The molecule has 0 radical (unpaired) electrons. The summed E-state index contributed by atoms with van der Waals surface area (Å²) in [5.41, 5.74) is 0. The van der Waals surface area contributed by atoms with E-state index < -0.39 is 0 Å². The highest BCUT2D eigenvalue weighted by Crippen LogP contribution is 2.30. The second-order valence-corrected chi connectivity index (χ2v) is 4.80. The zero-order valence-corrected chi connectivity index (χ0v) is 10.7. The van der Waals surface area contributed by atoms with Crippen LogP contribution in [-0.4, -0.2) is 19.2 Å². The molecule has 1 aliphatic rings. The number of carbonyl (C=O) groups is 1. The van der Waals surface area contributed by atoms with Crippen LogP contribution in [0.5, 0.6) is 5.75 Å². The average molecular weight is 256 g/mol. The third-order valence-corrected chi connectivity index (χ3v) is 3.23. The molecule has 1 aliphatic carbocycles. The fraction of sp³-hybridized carbons (Fsp3) is 0.312. The number of benzene rings is 2. The van der Waals surface area contributed by atoms with E-state index in [1.54, 1.807) is 0 Å². The summed E-state index contributed by atoms with van der Waals surface area (Å²) in [6.45, 7) is 0.721. The number of esters is 1. The fourth-order valence-corrected chi connectivity index (χ4v) is 2.00. The summed E-state index contributed by atoms with van der Waals surface area (Å²) in [6, 6.07) is 14.1. The van der Waals surface area contributed by atoms with Crippen LogP contribution in [-0.2, 0) is 9.53 Å². The van der Waals surface area contributed by atoms with E-state index in [2.05, 4.69) is 12.1 Å². The minimum absolute atomic E-state index is 0.0814. The summed E-state index contributed by atoms with van der Waals surface area (Å²) in [4.78, 5) is 11.3. The van der Waals surface area contributed by atoms with E-state index in [1.165, 1.54) is 5.39 Å². The van der Waals surface area contributed by atoms with Gasteiger partial charge in [-0.2, -0.15) is 0 Å². The highest BCUT2D eigenvalue weighted by molar-refractivity contribution is 5.83. The molecule has 0 heterocycles. The molecule has 0 bridgehead atoms. The van der Waals surface area contributed by atoms with Crippen LogP contribution in [0, 0.1) is 5.92 Å². The maximum Gasteiger partial charge on any atom is 0.309 e. The van der Waals surface area contributed by atoms with Gasteiger partial charge in [-0.05, 0) is 35.7 Å². The summed E-state index contributed by atoms with van der Waals surface area (Å²) in [5, 5.41) is 2.34. The number of fused-ring (bicyclic) bond motifs is 1. The molecule has 1 saturated carbocycles. The van der Waals surface area contributed by atoms with Crippen LogP contribution in [0.15, 0.2) is 42.5 Å². The Morgan fingerprint density at radius 1 is 1.05 bits per heavy atom. The van der Waals surface area contributed by atoms with Crippen molar-refractivity contribution in [3.05, 3.63) is 42.5 Å². The first-order valence-corrected chi connectivity index (χ1v) is 6.61. The molecule has 3 heteroatoms. The van der Waals surface area contributed by atoms with Gasteiger partial charge in [0.2, 0.25) is 0 Å². The third-order valence-electron chi connectivity index (χ3n) is 3.23. The van der Waals surface area contributed by atoms with Crippen molar-refractivity contribution in [2.45, 2.75) is 12.8 Å². The van der Waals surface area contributed by atoms with Gasteiger partial charge in [-0.25, -0.2) is 0 Å². The molecular weight excluding hydrogens is 240 g/mol. The lowest BCUT2D eigenvalue weighted by Crippen LogP contribution is -2.13. The van der Waals surface area contributed by atoms with Crippen LogP contribution in [0.4, 0.5) is 0 Å². The molecule has 0 spiro atoms. The number of hydrogen-bond acceptors (Lipinski definition) is 3. The Labute approximate surface area is 112 Å². The van der Waals surface area contributed by atoms with Gasteiger partial charge in [-0.15, -0.1) is 0 Å². The lowest BCUT2D eigenvalue weighted by molar-refractivity contribution is -0.145. The Bertz CT molecular complexity index is 587. The lowest BCUT2D eigenvalue weighted by atomic mass is 10.1. The minimum Gasteiger partial charge on any atom is -0.490 e. The molecule has 0 saturated heterocycles. The Balaban J connectivity index is 1.51. The van der Waals surface area contributed by atoms with E-state index in [-0.39, 0.29) is 11.9 Å². The third kappa shape index (κ3) is 3.05. The van der Waals surface area contributed by atoms with Crippen LogP contribution >= 0.6 is 0 Å². The Kier molecular flexibility index (Phi) is 3.36. The van der Waals surface area contributed by atoms with Crippen molar-refractivity contribution in [1.82, 2.24) is 0 Å². The lowest BCUT2D eigenvalue weighted by Gasteiger charge is -2.08. The molecule has 0 amide bonds. The molecular formula is C16H16O3. The van der Waals surface area contributed by atoms with Crippen molar-refractivity contribution in [3.8, 4) is 5.75 Å². The Morgan fingerprint density at radius 3 is 2.63 bits per heavy atom. The van der Waals surface area contributed by atoms with Crippen molar-refractivity contribution in [2.24, 2.45) is 5.92 Å². The van der Waals surface area contributed by atoms with Crippen molar-refractivity contribution in [1.29, 1.82) is 0 Å². The molecule has 2 aromatic carbocycles. The van der Waals surface area contributed by atoms with Crippen molar-refractivity contribution >= 4 is 16.7 Å². The predicted molar refractivity (Wildman–Crippen MR) is 73.1 cm³/mol. The summed E-state index contributed by atoms with van der Waals surface area (Å²) in [6.07, 6.45) is 1.95. The first kappa shape index (κ1) is 12.0. The SMILES string of the molecule is O=C(OCCOc1ccc2ccccc2c1)C1CC1. The molecule has 3 nitrogen and oxygen atoms in total. The van der Waals surface area contributed by atoms with Gasteiger partial charge >= 0.3 is 5.97 Å². The second kappa shape index (κ2) is 5.31. The summed E-state index contributed by atoms with van der Waals surface area (Å²) < 4.78 is 10.7. The van der Waals surface area contributed by atoms with E-state index in [9.17, 15) is 4.79 Å². The summed E-state index contributed by atoms with van der Waals surface area (Å²) in [7, 11) is 0. The summed E-state index contributed by atoms with van der Waals surface area (Å²) >= 11 is 0. The molecule has 0 aromatic heterocycles. The first-order chi connectivity index (χ1) is 9.33. The van der Waals surface area contributed by atoms with Gasteiger partial charge in [-0.1, -0.05) is 30.3 Å². The monoisotopic (exact) mass is 256 g/mol. The maximum absolute atomic E-state index is 11.3. The highest BCUT2D eigenvalue weighted by atomic mass is 16.6. The molecule has 0 aliphatic heterocycles. The van der Waals surface area contributed by atoms with Crippen LogP contribution in [0.1, 0.15) is 12.8 Å². The van der Waals surface area contributed by atoms with Gasteiger partial charge in [0.05, 0.1) is 5.92 Å². The maximum atomic E-state index is 11.3. The van der Waals surface area contributed by atoms with Gasteiger partial charge in [0, 0.05) is 0 Å². The van der Waals surface area contributed by atoms with Gasteiger partial charge in [0.15, 0.2) is 0 Å². The highest BCUT2D eigenvalue weighted by Gasteiger charge is 2.30. The van der Waals surface area contributed by atoms with Crippen molar-refractivity contribution in [3.63, 3.8) is 0 Å². The van der Waals surface area contributed by atoms with Crippen LogP contribution in [0.2, 0.25) is 0 Å². The Hall–Kier alpha value is -2.03. The van der Waals surface area contributed by atoms with E-state index in [4.69, 9.17) is 9.47 Å².